The molecule has 4 aromatic rings. The molecular weight excluding hydrogens is 527 g/mol. The van der Waals surface area contributed by atoms with Crippen LogP contribution in [0.5, 0.6) is 5.75 Å². The number of hydrogen-bond donors (Lipinski definition) is 0. The van der Waals surface area contributed by atoms with E-state index in [1.165, 1.54) is 11.3 Å². The minimum Gasteiger partial charge on any atom is -0.489 e. The van der Waals surface area contributed by atoms with E-state index in [0.29, 0.717) is 25.9 Å². The summed E-state index contributed by atoms with van der Waals surface area (Å²) < 4.78 is 47.1. The summed E-state index contributed by atoms with van der Waals surface area (Å²) in [6.07, 6.45) is 0.0287. The number of pyridine rings is 1. The second kappa shape index (κ2) is 9.64. The lowest BCUT2D eigenvalue weighted by molar-refractivity contribution is -0.141. The van der Waals surface area contributed by atoms with E-state index in [0.717, 1.165) is 56.8 Å². The van der Waals surface area contributed by atoms with Crippen LogP contribution in [0.15, 0.2) is 52.3 Å². The maximum atomic E-state index is 12.9. The first-order chi connectivity index (χ1) is 17.5. The molecule has 0 N–H and O–H groups in total. The summed E-state index contributed by atoms with van der Waals surface area (Å²) in [5.41, 5.74) is 1.50. The topological polar surface area (TPSA) is 66.1 Å². The van der Waals surface area contributed by atoms with Crippen molar-refractivity contribution in [1.29, 1.82) is 0 Å². The molecule has 0 unspecified atom stereocenters. The van der Waals surface area contributed by atoms with Crippen LogP contribution in [0.4, 0.5) is 13.2 Å². The zero-order valence-electron chi connectivity index (χ0n) is 20.0. The van der Waals surface area contributed by atoms with Gasteiger partial charge in [0.2, 0.25) is 0 Å². The number of halogens is 4. The van der Waals surface area contributed by atoms with Crippen molar-refractivity contribution in [3.8, 4) is 16.9 Å². The number of thiophene rings is 1. The Balaban J connectivity index is 1.55. The number of hydrogen-bond acceptors (Lipinski definition) is 5. The van der Waals surface area contributed by atoms with Gasteiger partial charge < -0.3 is 4.74 Å². The van der Waals surface area contributed by atoms with Gasteiger partial charge in [0.05, 0.1) is 22.9 Å². The number of fused-ring (bicyclic) bond motifs is 1. The first-order valence-corrected chi connectivity index (χ1v) is 12.9. The molecule has 3 aromatic heterocycles. The number of nitrogens with zero attached hydrogens (tertiary/aromatic N) is 3. The van der Waals surface area contributed by atoms with Crippen molar-refractivity contribution in [1.82, 2.24) is 14.1 Å². The molecule has 0 saturated heterocycles. The Morgan fingerprint density at radius 1 is 1.16 bits per heavy atom. The van der Waals surface area contributed by atoms with Gasteiger partial charge in [-0.1, -0.05) is 18.5 Å². The smallest absolute Gasteiger partial charge is 0.406 e. The van der Waals surface area contributed by atoms with E-state index >= 15 is 0 Å². The minimum atomic E-state index is -4.59. The van der Waals surface area contributed by atoms with Crippen molar-refractivity contribution < 1.29 is 17.9 Å². The lowest BCUT2D eigenvalue weighted by Gasteiger charge is -2.34. The van der Waals surface area contributed by atoms with Crippen LogP contribution in [0.2, 0.25) is 5.02 Å². The summed E-state index contributed by atoms with van der Waals surface area (Å²) in [5, 5.41) is 0.560. The lowest BCUT2D eigenvalue weighted by Crippen LogP contribution is -2.41. The average Bonchev–Trinajstić information content (AvgIpc) is 3.21. The Bertz CT molecular complexity index is 1600. The Hall–Kier alpha value is -3.11. The number of alkyl halides is 3. The van der Waals surface area contributed by atoms with E-state index in [1.807, 2.05) is 25.1 Å². The van der Waals surface area contributed by atoms with Gasteiger partial charge in [-0.25, -0.2) is 4.79 Å². The summed E-state index contributed by atoms with van der Waals surface area (Å²) in [6.45, 7) is 2.49. The number of rotatable bonds is 6. The van der Waals surface area contributed by atoms with E-state index in [4.69, 9.17) is 16.3 Å². The minimum absolute atomic E-state index is 0.133. The van der Waals surface area contributed by atoms with Gasteiger partial charge in [0.25, 0.3) is 5.56 Å². The molecule has 1 saturated carbocycles. The van der Waals surface area contributed by atoms with E-state index < -0.39 is 24.0 Å². The van der Waals surface area contributed by atoms with Crippen LogP contribution >= 0.6 is 22.9 Å². The highest BCUT2D eigenvalue weighted by molar-refractivity contribution is 7.19. The fourth-order valence-corrected chi connectivity index (χ4v) is 6.03. The summed E-state index contributed by atoms with van der Waals surface area (Å²) in [4.78, 5) is 30.0. The number of ether oxygens (including phenoxy) is 1. The van der Waals surface area contributed by atoms with Crippen LogP contribution in [-0.4, -0.2) is 26.4 Å². The van der Waals surface area contributed by atoms with Gasteiger partial charge in [0, 0.05) is 39.5 Å². The molecule has 0 aliphatic heterocycles. The number of aromatic nitrogens is 3. The van der Waals surface area contributed by atoms with Gasteiger partial charge in [-0.2, -0.15) is 13.2 Å². The third kappa shape index (κ3) is 5.31. The molecule has 3 heterocycles. The van der Waals surface area contributed by atoms with Crippen LogP contribution < -0.4 is 16.0 Å². The van der Waals surface area contributed by atoms with Gasteiger partial charge in [0.1, 0.15) is 12.3 Å². The highest BCUT2D eigenvalue weighted by Gasteiger charge is 2.30. The highest BCUT2D eigenvalue weighted by Crippen LogP contribution is 2.43. The zero-order chi connectivity index (χ0) is 26.5. The predicted molar refractivity (Wildman–Crippen MR) is 138 cm³/mol. The van der Waals surface area contributed by atoms with Gasteiger partial charge in [-0.15, -0.1) is 11.3 Å². The van der Waals surface area contributed by atoms with Gasteiger partial charge in [-0.05, 0) is 55.5 Å². The first kappa shape index (κ1) is 25.5. The Labute approximate surface area is 218 Å². The molecule has 0 atom stereocenters. The molecule has 0 radical (unpaired) electrons. The van der Waals surface area contributed by atoms with E-state index in [9.17, 15) is 22.8 Å². The van der Waals surface area contributed by atoms with E-state index in [2.05, 4.69) is 11.9 Å². The molecule has 1 fully saturated rings. The number of aryl methyl sites for hydroxylation is 1. The Morgan fingerprint density at radius 3 is 2.62 bits per heavy atom. The zero-order valence-corrected chi connectivity index (χ0v) is 21.6. The maximum absolute atomic E-state index is 12.9. The van der Waals surface area contributed by atoms with Crippen LogP contribution in [0.25, 0.3) is 21.3 Å². The van der Waals surface area contributed by atoms with Gasteiger partial charge in [-0.3, -0.25) is 18.9 Å². The molecule has 194 valence electrons. The fraction of sp³-hybridized carbons (Fsp3) is 0.346. The summed E-state index contributed by atoms with van der Waals surface area (Å²) >= 11 is 7.73. The molecule has 5 rings (SSSR count). The van der Waals surface area contributed by atoms with E-state index in [1.54, 1.807) is 12.3 Å². The largest absolute Gasteiger partial charge is 0.489 e. The number of benzene rings is 1. The third-order valence-corrected chi connectivity index (χ3v) is 7.77. The predicted octanol–water partition coefficient (Wildman–Crippen LogP) is 6.04. The Morgan fingerprint density at radius 2 is 1.92 bits per heavy atom. The highest BCUT2D eigenvalue weighted by atomic mass is 35.5. The van der Waals surface area contributed by atoms with Crippen LogP contribution in [-0.2, 0) is 13.1 Å². The van der Waals surface area contributed by atoms with Gasteiger partial charge >= 0.3 is 11.9 Å². The first-order valence-electron chi connectivity index (χ1n) is 11.7. The quantitative estimate of drug-likeness (QED) is 0.294. The molecular formula is C26H23ClF3N3O3S. The second-order valence-corrected chi connectivity index (χ2v) is 11.0. The fourth-order valence-electron chi connectivity index (χ4n) is 4.63. The molecule has 1 aromatic carbocycles. The van der Waals surface area contributed by atoms with Crippen molar-refractivity contribution in [3.63, 3.8) is 0 Å². The monoisotopic (exact) mass is 549 g/mol. The Kier molecular flexibility index (Phi) is 6.66. The van der Waals surface area contributed by atoms with Crippen LogP contribution in [0.1, 0.15) is 30.2 Å². The molecule has 0 spiro atoms. The average molecular weight is 550 g/mol. The van der Waals surface area contributed by atoms with Crippen molar-refractivity contribution in [2.75, 3.05) is 0 Å². The van der Waals surface area contributed by atoms with Crippen molar-refractivity contribution in [2.45, 2.75) is 52.1 Å². The van der Waals surface area contributed by atoms with Crippen molar-refractivity contribution in [2.24, 2.45) is 5.92 Å². The molecule has 11 heteroatoms. The summed E-state index contributed by atoms with van der Waals surface area (Å²) in [7, 11) is 0. The lowest BCUT2D eigenvalue weighted by atomic mass is 9.84. The molecule has 0 amide bonds. The SMILES string of the molecule is Cc1cc(Cl)cc(-c2ccnc3cc(Cn4c(=O)ccn(CC(F)(F)F)c4=O)sc23)c1OC1CC(C)C1. The van der Waals surface area contributed by atoms with Crippen LogP contribution in [0.3, 0.4) is 0 Å². The molecule has 1 aliphatic carbocycles. The summed E-state index contributed by atoms with van der Waals surface area (Å²) in [5.74, 6) is 1.37. The molecule has 6 nitrogen and oxygen atoms in total. The van der Waals surface area contributed by atoms with Crippen LogP contribution in [0, 0.1) is 12.8 Å². The third-order valence-electron chi connectivity index (χ3n) is 6.41. The molecule has 1 aliphatic rings. The maximum Gasteiger partial charge on any atom is 0.406 e. The molecule has 0 bridgehead atoms. The molecule has 37 heavy (non-hydrogen) atoms. The van der Waals surface area contributed by atoms with E-state index in [-0.39, 0.29) is 12.6 Å². The van der Waals surface area contributed by atoms with Gasteiger partial charge in [0.15, 0.2) is 0 Å². The second-order valence-electron chi connectivity index (χ2n) is 9.47. The standard InChI is InChI=1S/C26H23ClF3N3O3S/c1-14-7-17(8-14)36-23-15(2)9-16(27)10-20(23)19-3-5-31-21-11-18(37-24(19)21)12-33-22(34)4-6-32(25(33)35)13-26(28,29)30/h3-6,9-11,14,17H,7-8,12-13H2,1-2H3. The normalized spacial score (nSPS) is 17.7. The summed E-state index contributed by atoms with van der Waals surface area (Å²) in [6, 6.07) is 8.26. The van der Waals surface area contributed by atoms with Crippen molar-refractivity contribution in [3.05, 3.63) is 79.0 Å². The van der Waals surface area contributed by atoms with Crippen molar-refractivity contribution >= 4 is 33.2 Å².